The number of esters is 1. The Labute approximate surface area is 173 Å². The first kappa shape index (κ1) is 19.8. The van der Waals surface area contributed by atoms with Crippen molar-refractivity contribution in [2.24, 2.45) is 5.41 Å². The highest BCUT2D eigenvalue weighted by Gasteiger charge is 2.36. The zero-order valence-electron chi connectivity index (χ0n) is 17.6. The monoisotopic (exact) mass is 393 g/mol. The van der Waals surface area contributed by atoms with Crippen LogP contribution in [-0.4, -0.2) is 38.8 Å². The second-order valence-corrected chi connectivity index (χ2v) is 8.67. The molecule has 0 bridgehead atoms. The van der Waals surface area contributed by atoms with E-state index in [9.17, 15) is 4.79 Å². The summed E-state index contributed by atoms with van der Waals surface area (Å²) in [5.74, 6) is -0.251. The van der Waals surface area contributed by atoms with Gasteiger partial charge in [-0.25, -0.2) is 4.79 Å². The van der Waals surface area contributed by atoms with Crippen LogP contribution in [0.15, 0.2) is 42.5 Å². The number of carbonyl (C=O) groups excluding carboxylic acids is 1. The third-order valence-electron chi connectivity index (χ3n) is 6.03. The molecule has 2 aliphatic heterocycles. The second kappa shape index (κ2) is 8.07. The van der Waals surface area contributed by atoms with Gasteiger partial charge in [-0.1, -0.05) is 26.0 Å². The number of nitrogens with one attached hydrogen (secondary N) is 2. The number of piperazine rings is 1. The predicted molar refractivity (Wildman–Crippen MR) is 118 cm³/mol. The molecule has 1 atom stereocenters. The van der Waals surface area contributed by atoms with Gasteiger partial charge in [0.25, 0.3) is 0 Å². The van der Waals surface area contributed by atoms with Crippen LogP contribution in [0.4, 0.5) is 11.4 Å². The molecule has 0 spiro atoms. The van der Waals surface area contributed by atoms with Crippen molar-refractivity contribution in [1.82, 2.24) is 5.32 Å². The average Bonchev–Trinajstić information content (AvgIpc) is 2.73. The number of carbonyl (C=O) groups is 1. The van der Waals surface area contributed by atoms with E-state index in [0.717, 1.165) is 38.3 Å². The predicted octanol–water partition coefficient (Wildman–Crippen LogP) is 4.01. The average molecular weight is 394 g/mol. The Morgan fingerprint density at radius 2 is 1.97 bits per heavy atom. The molecule has 0 aliphatic carbocycles. The minimum atomic E-state index is -0.251. The summed E-state index contributed by atoms with van der Waals surface area (Å²) in [6.07, 6.45) is 0.908. The van der Waals surface area contributed by atoms with E-state index < -0.39 is 0 Å². The smallest absolute Gasteiger partial charge is 0.338 e. The molecule has 2 aromatic rings. The fourth-order valence-electron chi connectivity index (χ4n) is 4.52. The van der Waals surface area contributed by atoms with Crippen molar-refractivity contribution >= 4 is 17.3 Å². The summed E-state index contributed by atoms with van der Waals surface area (Å²) < 4.78 is 5.16. The van der Waals surface area contributed by atoms with Crippen LogP contribution in [0.3, 0.4) is 0 Å². The number of hydrogen-bond acceptors (Lipinski definition) is 5. The van der Waals surface area contributed by atoms with E-state index in [1.807, 2.05) is 25.1 Å². The van der Waals surface area contributed by atoms with Gasteiger partial charge in [0, 0.05) is 37.6 Å². The van der Waals surface area contributed by atoms with Gasteiger partial charge in [0.05, 0.1) is 18.2 Å². The number of ether oxygens (including phenoxy) is 1. The van der Waals surface area contributed by atoms with Gasteiger partial charge in [0.1, 0.15) is 0 Å². The van der Waals surface area contributed by atoms with E-state index >= 15 is 0 Å². The lowest BCUT2D eigenvalue weighted by molar-refractivity contribution is 0.0526. The maximum absolute atomic E-state index is 12.1. The minimum absolute atomic E-state index is 0.0162. The zero-order chi connectivity index (χ0) is 20.4. The molecular weight excluding hydrogens is 362 g/mol. The highest BCUT2D eigenvalue weighted by molar-refractivity contribution is 5.90. The third-order valence-corrected chi connectivity index (χ3v) is 6.03. The van der Waals surface area contributed by atoms with E-state index in [1.165, 1.54) is 16.8 Å². The topological polar surface area (TPSA) is 53.6 Å². The summed E-state index contributed by atoms with van der Waals surface area (Å²) in [5.41, 5.74) is 5.53. The van der Waals surface area contributed by atoms with Crippen molar-refractivity contribution in [2.45, 2.75) is 33.2 Å². The number of benzene rings is 2. The molecule has 2 aliphatic rings. The Morgan fingerprint density at radius 3 is 2.72 bits per heavy atom. The van der Waals surface area contributed by atoms with E-state index in [1.54, 1.807) is 0 Å². The quantitative estimate of drug-likeness (QED) is 0.769. The summed E-state index contributed by atoms with van der Waals surface area (Å²) >= 11 is 0. The first-order chi connectivity index (χ1) is 14.0. The van der Waals surface area contributed by atoms with Crippen LogP contribution in [0, 0.1) is 5.41 Å². The number of rotatable bonds is 4. The van der Waals surface area contributed by atoms with Crippen LogP contribution >= 0.6 is 0 Å². The van der Waals surface area contributed by atoms with Gasteiger partial charge in [-0.05, 0) is 60.2 Å². The van der Waals surface area contributed by atoms with Crippen LogP contribution in [0.1, 0.15) is 48.3 Å². The SMILES string of the molecule is CCOC(=O)c1ccc2c(c1)CC(C)(C)C(c1cccc(N3CCNCC3)c1)N2. The Morgan fingerprint density at radius 1 is 1.17 bits per heavy atom. The summed E-state index contributed by atoms with van der Waals surface area (Å²) in [4.78, 5) is 14.6. The molecule has 29 heavy (non-hydrogen) atoms. The van der Waals surface area contributed by atoms with E-state index in [4.69, 9.17) is 4.74 Å². The number of nitrogens with zero attached hydrogens (tertiary/aromatic N) is 1. The molecule has 0 radical (unpaired) electrons. The van der Waals surface area contributed by atoms with Crippen molar-refractivity contribution in [3.63, 3.8) is 0 Å². The van der Waals surface area contributed by atoms with Gasteiger partial charge in [-0.3, -0.25) is 0 Å². The standard InChI is InChI=1S/C24H31N3O2/c1-4-29-23(28)18-8-9-21-19(14-18)16-24(2,3)22(26-21)17-6-5-7-20(15-17)27-12-10-25-11-13-27/h5-9,14-15,22,25-26H,4,10-13,16H2,1-3H3. The highest BCUT2D eigenvalue weighted by atomic mass is 16.5. The molecule has 5 nitrogen and oxygen atoms in total. The lowest BCUT2D eigenvalue weighted by Gasteiger charge is -2.42. The zero-order valence-corrected chi connectivity index (χ0v) is 17.6. The molecule has 5 heteroatoms. The molecule has 154 valence electrons. The molecule has 1 saturated heterocycles. The normalized spacial score (nSPS) is 20.5. The van der Waals surface area contributed by atoms with Crippen molar-refractivity contribution in [3.8, 4) is 0 Å². The van der Waals surface area contributed by atoms with Crippen LogP contribution in [0.2, 0.25) is 0 Å². The van der Waals surface area contributed by atoms with Crippen molar-refractivity contribution in [3.05, 3.63) is 59.2 Å². The third kappa shape index (κ3) is 4.10. The van der Waals surface area contributed by atoms with E-state index in [2.05, 4.69) is 53.6 Å². The number of anilines is 2. The molecular formula is C24H31N3O2. The summed E-state index contributed by atoms with van der Waals surface area (Å²) in [5, 5.41) is 7.17. The lowest BCUT2D eigenvalue weighted by atomic mass is 9.72. The first-order valence-electron chi connectivity index (χ1n) is 10.6. The second-order valence-electron chi connectivity index (χ2n) is 8.67. The van der Waals surface area contributed by atoms with Crippen molar-refractivity contribution in [2.75, 3.05) is 43.0 Å². The van der Waals surface area contributed by atoms with E-state index in [-0.39, 0.29) is 17.4 Å². The summed E-state index contributed by atoms with van der Waals surface area (Å²) in [6, 6.07) is 15.0. The fraction of sp³-hybridized carbons (Fsp3) is 0.458. The minimum Gasteiger partial charge on any atom is -0.462 e. The molecule has 2 heterocycles. The van der Waals surface area contributed by atoms with Crippen LogP contribution in [-0.2, 0) is 11.2 Å². The number of hydrogen-bond donors (Lipinski definition) is 2. The van der Waals surface area contributed by atoms with Crippen molar-refractivity contribution in [1.29, 1.82) is 0 Å². The van der Waals surface area contributed by atoms with Crippen LogP contribution in [0.25, 0.3) is 0 Å². The maximum Gasteiger partial charge on any atom is 0.338 e. The molecule has 1 fully saturated rings. The van der Waals surface area contributed by atoms with Gasteiger partial charge < -0.3 is 20.3 Å². The van der Waals surface area contributed by atoms with E-state index in [0.29, 0.717) is 12.2 Å². The Hall–Kier alpha value is -2.53. The summed E-state index contributed by atoms with van der Waals surface area (Å²) in [6.45, 7) is 11.0. The number of fused-ring (bicyclic) bond motifs is 1. The molecule has 1 unspecified atom stereocenters. The summed E-state index contributed by atoms with van der Waals surface area (Å²) in [7, 11) is 0. The highest BCUT2D eigenvalue weighted by Crippen LogP contribution is 2.45. The first-order valence-corrected chi connectivity index (χ1v) is 10.6. The maximum atomic E-state index is 12.1. The molecule has 2 N–H and O–H groups in total. The molecule has 0 amide bonds. The Bertz CT molecular complexity index is 887. The Balaban J connectivity index is 1.61. The largest absolute Gasteiger partial charge is 0.462 e. The fourth-order valence-corrected chi connectivity index (χ4v) is 4.52. The van der Waals surface area contributed by atoms with Gasteiger partial charge in [0.2, 0.25) is 0 Å². The van der Waals surface area contributed by atoms with Crippen molar-refractivity contribution < 1.29 is 9.53 Å². The van der Waals surface area contributed by atoms with Crippen LogP contribution in [0.5, 0.6) is 0 Å². The van der Waals surface area contributed by atoms with Gasteiger partial charge in [-0.2, -0.15) is 0 Å². The van der Waals surface area contributed by atoms with Gasteiger partial charge >= 0.3 is 5.97 Å². The molecule has 2 aromatic carbocycles. The molecule has 0 saturated carbocycles. The molecule has 0 aromatic heterocycles. The lowest BCUT2D eigenvalue weighted by Crippen LogP contribution is -2.43. The molecule has 4 rings (SSSR count). The van der Waals surface area contributed by atoms with Gasteiger partial charge in [-0.15, -0.1) is 0 Å². The van der Waals surface area contributed by atoms with Gasteiger partial charge in [0.15, 0.2) is 0 Å². The Kier molecular flexibility index (Phi) is 5.50. The van der Waals surface area contributed by atoms with Crippen LogP contribution < -0.4 is 15.5 Å².